The molecule has 1 aromatic carbocycles. The molecule has 3 unspecified atom stereocenters. The standard InChI is InChI=1S/C19H25F3N2O/c20-19(21,22)24(13-14-5-2-1-3-6-14)18(25)8-4-7-15-9-10-16-11-23-12-17(15)16/h1-3,5-6,15-17,23H,4,7-13H2. The third-order valence-electron chi connectivity index (χ3n) is 5.66. The van der Waals surface area contributed by atoms with Crippen LogP contribution in [-0.4, -0.2) is 30.2 Å². The van der Waals surface area contributed by atoms with Crippen molar-refractivity contribution in [1.82, 2.24) is 10.2 Å². The van der Waals surface area contributed by atoms with Crippen molar-refractivity contribution in [3.8, 4) is 0 Å². The zero-order valence-corrected chi connectivity index (χ0v) is 14.3. The van der Waals surface area contributed by atoms with E-state index in [1.807, 2.05) is 0 Å². The van der Waals surface area contributed by atoms with E-state index in [-0.39, 0.29) is 11.3 Å². The average molecular weight is 354 g/mol. The fourth-order valence-electron chi connectivity index (χ4n) is 4.36. The molecule has 0 aromatic heterocycles. The van der Waals surface area contributed by atoms with Gasteiger partial charge in [0.2, 0.25) is 5.91 Å². The van der Waals surface area contributed by atoms with Gasteiger partial charge in [0.1, 0.15) is 0 Å². The van der Waals surface area contributed by atoms with Gasteiger partial charge in [-0.2, -0.15) is 0 Å². The number of rotatable bonds is 6. The molecule has 1 amide bonds. The van der Waals surface area contributed by atoms with Crippen molar-refractivity contribution in [3.05, 3.63) is 35.9 Å². The summed E-state index contributed by atoms with van der Waals surface area (Å²) in [4.78, 5) is 12.2. The summed E-state index contributed by atoms with van der Waals surface area (Å²) < 4.78 is 39.8. The number of nitrogens with zero attached hydrogens (tertiary/aromatic N) is 1. The summed E-state index contributed by atoms with van der Waals surface area (Å²) in [5, 5.41) is 3.39. The second-order valence-electron chi connectivity index (χ2n) is 7.25. The van der Waals surface area contributed by atoms with E-state index in [4.69, 9.17) is 0 Å². The van der Waals surface area contributed by atoms with Gasteiger partial charge in [-0.1, -0.05) is 30.3 Å². The molecule has 1 N–H and O–H groups in total. The number of hydrogen-bond donors (Lipinski definition) is 1. The topological polar surface area (TPSA) is 32.3 Å². The largest absolute Gasteiger partial charge is 0.487 e. The molecular weight excluding hydrogens is 329 g/mol. The fourth-order valence-corrected chi connectivity index (χ4v) is 4.36. The lowest BCUT2D eigenvalue weighted by Crippen LogP contribution is -2.42. The van der Waals surface area contributed by atoms with Crippen molar-refractivity contribution < 1.29 is 18.0 Å². The van der Waals surface area contributed by atoms with Gasteiger partial charge in [0.05, 0.1) is 6.54 Å². The summed E-state index contributed by atoms with van der Waals surface area (Å²) in [5.41, 5.74) is 0.490. The summed E-state index contributed by atoms with van der Waals surface area (Å²) >= 11 is 0. The van der Waals surface area contributed by atoms with Crippen LogP contribution in [0.15, 0.2) is 30.3 Å². The van der Waals surface area contributed by atoms with Crippen LogP contribution in [0.4, 0.5) is 13.2 Å². The lowest BCUT2D eigenvalue weighted by atomic mass is 9.88. The number of hydrogen-bond acceptors (Lipinski definition) is 2. The van der Waals surface area contributed by atoms with Gasteiger partial charge in [0.15, 0.2) is 0 Å². The minimum absolute atomic E-state index is 0.0341. The Labute approximate surface area is 146 Å². The van der Waals surface area contributed by atoms with Crippen LogP contribution in [0.2, 0.25) is 0 Å². The Morgan fingerprint density at radius 3 is 2.64 bits per heavy atom. The Bertz CT molecular complexity index is 576. The SMILES string of the molecule is O=C(CCCC1CCC2CNCC12)N(Cc1ccccc1)C(F)(F)F. The molecule has 1 saturated heterocycles. The van der Waals surface area contributed by atoms with Crippen LogP contribution in [0.5, 0.6) is 0 Å². The highest BCUT2D eigenvalue weighted by atomic mass is 19.4. The minimum Gasteiger partial charge on any atom is -0.316 e. The van der Waals surface area contributed by atoms with Gasteiger partial charge < -0.3 is 5.32 Å². The van der Waals surface area contributed by atoms with Crippen LogP contribution < -0.4 is 5.32 Å². The molecule has 0 bridgehead atoms. The normalized spacial score (nSPS) is 25.8. The third kappa shape index (κ3) is 4.54. The van der Waals surface area contributed by atoms with Gasteiger partial charge in [0.25, 0.3) is 0 Å². The van der Waals surface area contributed by atoms with Gasteiger partial charge in [-0.25, -0.2) is 4.90 Å². The molecule has 3 nitrogen and oxygen atoms in total. The second kappa shape index (κ2) is 7.77. The van der Waals surface area contributed by atoms with E-state index in [0.717, 1.165) is 31.8 Å². The molecule has 1 heterocycles. The monoisotopic (exact) mass is 354 g/mol. The lowest BCUT2D eigenvalue weighted by molar-refractivity contribution is -0.243. The summed E-state index contributed by atoms with van der Waals surface area (Å²) in [6, 6.07) is 8.33. The Morgan fingerprint density at radius 1 is 1.16 bits per heavy atom. The Hall–Kier alpha value is -1.56. The average Bonchev–Trinajstić information content (AvgIpc) is 3.17. The lowest BCUT2D eigenvalue weighted by Gasteiger charge is -2.25. The number of benzene rings is 1. The van der Waals surface area contributed by atoms with Crippen LogP contribution in [-0.2, 0) is 11.3 Å². The molecule has 3 rings (SSSR count). The van der Waals surface area contributed by atoms with Crippen molar-refractivity contribution in [1.29, 1.82) is 0 Å². The van der Waals surface area contributed by atoms with Crippen LogP contribution in [0.25, 0.3) is 0 Å². The van der Waals surface area contributed by atoms with E-state index in [9.17, 15) is 18.0 Å². The van der Waals surface area contributed by atoms with Crippen LogP contribution in [0.3, 0.4) is 0 Å². The van der Waals surface area contributed by atoms with Gasteiger partial charge in [-0.15, -0.1) is 13.2 Å². The predicted molar refractivity (Wildman–Crippen MR) is 89.5 cm³/mol. The molecule has 6 heteroatoms. The molecule has 2 fully saturated rings. The Morgan fingerprint density at radius 2 is 1.92 bits per heavy atom. The van der Waals surface area contributed by atoms with Gasteiger partial charge in [0, 0.05) is 6.42 Å². The van der Waals surface area contributed by atoms with Gasteiger partial charge in [-0.05, 0) is 62.1 Å². The highest BCUT2D eigenvalue weighted by Crippen LogP contribution is 2.41. The van der Waals surface area contributed by atoms with E-state index in [0.29, 0.717) is 23.8 Å². The molecule has 1 saturated carbocycles. The number of alkyl halides is 3. The van der Waals surface area contributed by atoms with Crippen LogP contribution in [0.1, 0.15) is 37.7 Å². The fraction of sp³-hybridized carbons (Fsp3) is 0.632. The molecule has 25 heavy (non-hydrogen) atoms. The number of carbonyl (C=O) groups is 1. The van der Waals surface area contributed by atoms with Crippen molar-refractivity contribution >= 4 is 5.91 Å². The number of nitrogens with one attached hydrogen (secondary N) is 1. The highest BCUT2D eigenvalue weighted by molar-refractivity contribution is 5.76. The number of carbonyl (C=O) groups excluding carboxylic acids is 1. The Balaban J connectivity index is 1.52. The quantitative estimate of drug-likeness (QED) is 0.785. The minimum atomic E-state index is -4.64. The Kier molecular flexibility index (Phi) is 5.67. The molecule has 1 aliphatic heterocycles. The molecule has 1 aliphatic carbocycles. The summed E-state index contributed by atoms with van der Waals surface area (Å²) in [6.45, 7) is 1.67. The third-order valence-corrected chi connectivity index (χ3v) is 5.66. The van der Waals surface area contributed by atoms with Crippen molar-refractivity contribution in [2.45, 2.75) is 44.9 Å². The zero-order valence-electron chi connectivity index (χ0n) is 14.3. The van der Waals surface area contributed by atoms with E-state index in [1.165, 1.54) is 6.42 Å². The molecule has 0 radical (unpaired) electrons. The molecule has 2 aliphatic rings. The maximum Gasteiger partial charge on any atom is 0.487 e. The first-order chi connectivity index (χ1) is 11.9. The van der Waals surface area contributed by atoms with Gasteiger partial charge in [-0.3, -0.25) is 4.79 Å². The van der Waals surface area contributed by atoms with E-state index in [1.54, 1.807) is 30.3 Å². The van der Waals surface area contributed by atoms with E-state index in [2.05, 4.69) is 5.32 Å². The molecule has 0 spiro atoms. The zero-order chi connectivity index (χ0) is 17.9. The predicted octanol–water partition coefficient (Wildman–Crippen LogP) is 3.95. The van der Waals surface area contributed by atoms with Crippen molar-refractivity contribution in [2.75, 3.05) is 13.1 Å². The molecule has 1 aromatic rings. The summed E-state index contributed by atoms with van der Waals surface area (Å²) in [6.07, 6.45) is -0.925. The van der Waals surface area contributed by atoms with Gasteiger partial charge >= 0.3 is 6.30 Å². The number of halogens is 3. The second-order valence-corrected chi connectivity index (χ2v) is 7.25. The van der Waals surface area contributed by atoms with Crippen molar-refractivity contribution in [2.24, 2.45) is 17.8 Å². The highest BCUT2D eigenvalue weighted by Gasteiger charge is 2.41. The molecular formula is C19H25F3N2O. The van der Waals surface area contributed by atoms with Crippen LogP contribution >= 0.6 is 0 Å². The van der Waals surface area contributed by atoms with E-state index < -0.39 is 18.8 Å². The van der Waals surface area contributed by atoms with Crippen molar-refractivity contribution in [3.63, 3.8) is 0 Å². The smallest absolute Gasteiger partial charge is 0.316 e. The number of amides is 1. The van der Waals surface area contributed by atoms with Crippen LogP contribution in [0, 0.1) is 17.8 Å². The van der Waals surface area contributed by atoms with E-state index >= 15 is 0 Å². The first kappa shape index (κ1) is 18.2. The maximum atomic E-state index is 13.3. The first-order valence-corrected chi connectivity index (χ1v) is 9.07. The molecule has 138 valence electrons. The molecule has 3 atom stereocenters. The first-order valence-electron chi connectivity index (χ1n) is 9.07. The number of fused-ring (bicyclic) bond motifs is 1. The summed E-state index contributed by atoms with van der Waals surface area (Å²) in [5.74, 6) is 1.11. The maximum absolute atomic E-state index is 13.3. The summed E-state index contributed by atoms with van der Waals surface area (Å²) in [7, 11) is 0.